The third kappa shape index (κ3) is 74.3. The van der Waals surface area contributed by atoms with E-state index in [0.29, 0.717) is 25.7 Å². The molecule has 100 heavy (non-hydrogen) atoms. The number of aliphatic hydroxyl groups excluding tert-OH is 1. The number of phosphoric acid groups is 2. The van der Waals surface area contributed by atoms with Crippen LogP contribution in [0.25, 0.3) is 0 Å². The van der Waals surface area contributed by atoms with E-state index < -0.39 is 97.5 Å². The molecule has 0 aliphatic heterocycles. The molecule has 3 N–H and O–H groups in total. The van der Waals surface area contributed by atoms with E-state index in [1.165, 1.54) is 270 Å². The van der Waals surface area contributed by atoms with E-state index in [9.17, 15) is 43.2 Å². The van der Waals surface area contributed by atoms with Crippen LogP contribution in [0, 0.1) is 0 Å². The molecule has 0 aromatic heterocycles. The van der Waals surface area contributed by atoms with Crippen LogP contribution < -0.4 is 0 Å². The molecule has 0 heterocycles. The number of rotatable bonds is 82. The smallest absolute Gasteiger partial charge is 0.462 e. The average molecular weight is 1470 g/mol. The highest BCUT2D eigenvalue weighted by Crippen LogP contribution is 2.45. The second-order valence-electron chi connectivity index (χ2n) is 29.2. The second-order valence-corrected chi connectivity index (χ2v) is 32.1. The third-order valence-corrected chi connectivity index (χ3v) is 21.0. The fourth-order valence-corrected chi connectivity index (χ4v) is 14.2. The summed E-state index contributed by atoms with van der Waals surface area (Å²) in [6.45, 7) is 5.03. The van der Waals surface area contributed by atoms with Gasteiger partial charge in [0.1, 0.15) is 19.3 Å². The zero-order valence-electron chi connectivity index (χ0n) is 65.2. The summed E-state index contributed by atoms with van der Waals surface area (Å²) in [7, 11) is -9.92. The lowest BCUT2D eigenvalue weighted by molar-refractivity contribution is -0.161. The van der Waals surface area contributed by atoms with Gasteiger partial charge in [0.25, 0.3) is 0 Å². The van der Waals surface area contributed by atoms with Crippen LogP contribution in [0.15, 0.2) is 0 Å². The summed E-state index contributed by atoms with van der Waals surface area (Å²) in [6.07, 6.45) is 67.8. The Kier molecular flexibility index (Phi) is 73.8. The predicted octanol–water partition coefficient (Wildman–Crippen LogP) is 24.6. The number of unbranched alkanes of at least 4 members (excludes halogenated alkanes) is 56. The number of hydrogen-bond acceptors (Lipinski definition) is 15. The largest absolute Gasteiger partial charge is 0.472 e. The SMILES string of the molecule is CCCCCCCCCCCCCCCCCCCCCCC(=O)O[C@H](COC(=O)CCCCCCCCCCCCCCCC)COP(=O)(O)OC[C@@H](O)COP(=O)(O)OC[C@@H](COC(=O)CCCCCCCCCCCCCCC)OC(=O)CCCCCCCCCCCCCCC. The predicted molar refractivity (Wildman–Crippen MR) is 409 cm³/mol. The monoisotopic (exact) mass is 1470 g/mol. The normalized spacial score (nSPS) is 13.8. The molecule has 0 aliphatic carbocycles. The van der Waals surface area contributed by atoms with Crippen LogP contribution in [-0.2, 0) is 65.4 Å². The summed E-state index contributed by atoms with van der Waals surface area (Å²) in [5.74, 6) is -2.10. The van der Waals surface area contributed by atoms with Crippen LogP contribution in [-0.4, -0.2) is 96.7 Å². The molecule has 0 aromatic carbocycles. The minimum atomic E-state index is -4.96. The Morgan fingerprint density at radius 3 is 0.590 bits per heavy atom. The maximum Gasteiger partial charge on any atom is 0.472 e. The van der Waals surface area contributed by atoms with Crippen LogP contribution in [0.3, 0.4) is 0 Å². The second kappa shape index (κ2) is 75.3. The Labute approximate surface area is 613 Å². The van der Waals surface area contributed by atoms with Gasteiger partial charge in [-0.15, -0.1) is 0 Å². The molecular weight excluding hydrogens is 1310 g/mol. The number of carbonyl (C=O) groups is 4. The highest BCUT2D eigenvalue weighted by molar-refractivity contribution is 7.47. The van der Waals surface area contributed by atoms with Gasteiger partial charge in [-0.05, 0) is 25.7 Å². The summed E-state index contributed by atoms with van der Waals surface area (Å²) >= 11 is 0. The molecule has 17 nitrogen and oxygen atoms in total. The van der Waals surface area contributed by atoms with Crippen molar-refractivity contribution in [2.24, 2.45) is 0 Å². The Balaban J connectivity index is 5.23. The van der Waals surface area contributed by atoms with Gasteiger partial charge < -0.3 is 33.8 Å². The summed E-state index contributed by atoms with van der Waals surface area (Å²) in [4.78, 5) is 73.0. The minimum Gasteiger partial charge on any atom is -0.462 e. The zero-order valence-corrected chi connectivity index (χ0v) is 67.0. The van der Waals surface area contributed by atoms with Crippen LogP contribution >= 0.6 is 15.6 Å². The lowest BCUT2D eigenvalue weighted by atomic mass is 10.0. The van der Waals surface area contributed by atoms with Gasteiger partial charge in [0.15, 0.2) is 12.2 Å². The van der Waals surface area contributed by atoms with E-state index in [0.717, 1.165) is 89.9 Å². The Hall–Kier alpha value is -1.94. The van der Waals surface area contributed by atoms with E-state index in [-0.39, 0.29) is 25.7 Å². The molecule has 0 aromatic rings. The molecule has 5 atom stereocenters. The minimum absolute atomic E-state index is 0.109. The van der Waals surface area contributed by atoms with Crippen molar-refractivity contribution in [2.45, 2.75) is 457 Å². The molecule has 0 bridgehead atoms. The number of esters is 4. The van der Waals surface area contributed by atoms with Gasteiger partial charge in [-0.1, -0.05) is 387 Å². The van der Waals surface area contributed by atoms with Crippen LogP contribution in [0.1, 0.15) is 439 Å². The van der Waals surface area contributed by atoms with Crippen molar-refractivity contribution in [1.29, 1.82) is 0 Å². The van der Waals surface area contributed by atoms with E-state index in [2.05, 4.69) is 27.7 Å². The van der Waals surface area contributed by atoms with Gasteiger partial charge in [-0.25, -0.2) is 9.13 Å². The Bertz CT molecular complexity index is 1890. The highest BCUT2D eigenvalue weighted by Gasteiger charge is 2.30. The zero-order chi connectivity index (χ0) is 73.2. The Morgan fingerprint density at radius 2 is 0.400 bits per heavy atom. The van der Waals surface area contributed by atoms with Crippen molar-refractivity contribution in [3.8, 4) is 0 Å². The number of carbonyl (C=O) groups excluding carboxylic acids is 4. The van der Waals surface area contributed by atoms with Gasteiger partial charge in [-0.2, -0.15) is 0 Å². The number of aliphatic hydroxyl groups is 1. The van der Waals surface area contributed by atoms with Gasteiger partial charge in [0, 0.05) is 25.7 Å². The molecule has 0 spiro atoms. The van der Waals surface area contributed by atoms with Crippen molar-refractivity contribution in [1.82, 2.24) is 0 Å². The average Bonchev–Trinajstić information content (AvgIpc) is 0.971. The maximum absolute atomic E-state index is 13.1. The molecule has 0 aliphatic rings. The number of ether oxygens (including phenoxy) is 4. The Morgan fingerprint density at radius 1 is 0.240 bits per heavy atom. The fraction of sp³-hybridized carbons (Fsp3) is 0.951. The highest BCUT2D eigenvalue weighted by atomic mass is 31.2. The fourth-order valence-electron chi connectivity index (χ4n) is 12.6. The van der Waals surface area contributed by atoms with Gasteiger partial charge in [0.2, 0.25) is 0 Å². The molecule has 0 radical (unpaired) electrons. The van der Waals surface area contributed by atoms with Gasteiger partial charge >= 0.3 is 39.5 Å². The first-order valence-electron chi connectivity index (χ1n) is 42.3. The van der Waals surface area contributed by atoms with E-state index in [1.54, 1.807) is 0 Å². The first-order chi connectivity index (χ1) is 48.7. The van der Waals surface area contributed by atoms with Crippen molar-refractivity contribution >= 4 is 39.5 Å². The molecule has 2 unspecified atom stereocenters. The topological polar surface area (TPSA) is 237 Å². The summed E-state index contributed by atoms with van der Waals surface area (Å²) in [6, 6.07) is 0. The first-order valence-corrected chi connectivity index (χ1v) is 45.3. The molecule has 0 rings (SSSR count). The third-order valence-electron chi connectivity index (χ3n) is 19.1. The van der Waals surface area contributed by atoms with Crippen molar-refractivity contribution in [2.75, 3.05) is 39.6 Å². The molecule has 0 amide bonds. The van der Waals surface area contributed by atoms with E-state index in [1.807, 2.05) is 0 Å². The quantitative estimate of drug-likeness (QED) is 0.0222. The lowest BCUT2D eigenvalue weighted by Crippen LogP contribution is -2.30. The van der Waals surface area contributed by atoms with E-state index in [4.69, 9.17) is 37.0 Å². The molecule has 19 heteroatoms. The van der Waals surface area contributed by atoms with Gasteiger partial charge in [0.05, 0.1) is 26.4 Å². The lowest BCUT2D eigenvalue weighted by Gasteiger charge is -2.21. The number of hydrogen-bond donors (Lipinski definition) is 3. The molecule has 0 saturated carbocycles. The van der Waals surface area contributed by atoms with Crippen LogP contribution in [0.2, 0.25) is 0 Å². The molecular formula is C81H158O17P2. The molecule has 0 saturated heterocycles. The first kappa shape index (κ1) is 98.1. The summed E-state index contributed by atoms with van der Waals surface area (Å²) in [5, 5.41) is 10.6. The number of phosphoric ester groups is 2. The standard InChI is InChI=1S/C81H158O17P2/c1-5-9-13-17-21-25-29-33-35-36-37-38-39-40-44-48-52-56-60-64-68-81(86)98-77(72-92-79(84)66-62-58-54-50-46-43-34-30-26-22-18-14-10-6-2)74-96-100(89,90)94-70-75(82)69-93-99(87,88)95-73-76(97-80(85)67-63-59-55-51-47-42-32-28-24-20-16-12-8-4)71-91-78(83)65-61-57-53-49-45-41-31-27-23-19-15-11-7-3/h75-77,82H,5-74H2,1-4H3,(H,87,88)(H,89,90)/t75-,76+,77+/m0/s1. The van der Waals surface area contributed by atoms with Crippen LogP contribution in [0.5, 0.6) is 0 Å². The van der Waals surface area contributed by atoms with Gasteiger partial charge in [-0.3, -0.25) is 37.3 Å². The maximum atomic E-state index is 13.1. The van der Waals surface area contributed by atoms with Crippen molar-refractivity contribution < 1.29 is 80.2 Å². The van der Waals surface area contributed by atoms with Crippen molar-refractivity contribution in [3.63, 3.8) is 0 Å². The van der Waals surface area contributed by atoms with Crippen LogP contribution in [0.4, 0.5) is 0 Å². The van der Waals surface area contributed by atoms with E-state index >= 15 is 0 Å². The van der Waals surface area contributed by atoms with Crippen molar-refractivity contribution in [3.05, 3.63) is 0 Å². The summed E-state index contributed by atoms with van der Waals surface area (Å²) in [5.41, 5.74) is 0. The summed E-state index contributed by atoms with van der Waals surface area (Å²) < 4.78 is 68.7. The molecule has 0 fully saturated rings. The molecule has 594 valence electrons.